The minimum absolute atomic E-state index is 0.182. The van der Waals surface area contributed by atoms with Crippen molar-refractivity contribution >= 4 is 5.91 Å². The number of ether oxygens (including phenoxy) is 1. The number of carbonyl (C=O) groups is 1. The highest BCUT2D eigenvalue weighted by Gasteiger charge is 2.36. The summed E-state index contributed by atoms with van der Waals surface area (Å²) in [6.07, 6.45) is 2.37. The first-order chi connectivity index (χ1) is 11.1. The smallest absolute Gasteiger partial charge is 0.227 e. The van der Waals surface area contributed by atoms with Gasteiger partial charge in [-0.2, -0.15) is 0 Å². The summed E-state index contributed by atoms with van der Waals surface area (Å²) in [6.45, 7) is 8.62. The zero-order chi connectivity index (χ0) is 16.2. The average Bonchev–Trinajstić information content (AvgIpc) is 2.54. The van der Waals surface area contributed by atoms with Crippen molar-refractivity contribution in [1.29, 1.82) is 0 Å². The summed E-state index contributed by atoms with van der Waals surface area (Å²) in [5.74, 6) is 0.510. The number of hydrogen-bond acceptors (Lipinski definition) is 3. The molecule has 0 saturated carbocycles. The lowest BCUT2D eigenvalue weighted by atomic mass is 9.94. The van der Waals surface area contributed by atoms with Crippen LogP contribution in [0.25, 0.3) is 0 Å². The van der Waals surface area contributed by atoms with Crippen LogP contribution in [0, 0.1) is 5.92 Å². The molecule has 2 heterocycles. The van der Waals surface area contributed by atoms with Crippen LogP contribution in [0.4, 0.5) is 0 Å². The van der Waals surface area contributed by atoms with Gasteiger partial charge in [0.25, 0.3) is 0 Å². The topological polar surface area (TPSA) is 32.8 Å². The molecule has 2 fully saturated rings. The van der Waals surface area contributed by atoms with Crippen LogP contribution in [0.3, 0.4) is 0 Å². The fourth-order valence-corrected chi connectivity index (χ4v) is 3.45. The summed E-state index contributed by atoms with van der Waals surface area (Å²) >= 11 is 0. The Morgan fingerprint density at radius 1 is 1.22 bits per heavy atom. The second-order valence-electron chi connectivity index (χ2n) is 7.09. The molecule has 0 radical (unpaired) electrons. The van der Waals surface area contributed by atoms with E-state index in [9.17, 15) is 4.79 Å². The van der Waals surface area contributed by atoms with E-state index < -0.39 is 0 Å². The lowest BCUT2D eigenvalue weighted by Gasteiger charge is -2.43. The van der Waals surface area contributed by atoms with E-state index in [1.807, 2.05) is 23.1 Å². The largest absolute Gasteiger partial charge is 0.370 e. The number of amides is 1. The predicted octanol–water partition coefficient (Wildman–Crippen LogP) is 2.53. The van der Waals surface area contributed by atoms with E-state index in [0.717, 1.165) is 39.0 Å². The maximum Gasteiger partial charge on any atom is 0.227 e. The maximum atomic E-state index is 12.6. The molecule has 0 spiro atoms. The molecule has 0 N–H and O–H groups in total. The van der Waals surface area contributed by atoms with Gasteiger partial charge in [-0.25, -0.2) is 0 Å². The van der Waals surface area contributed by atoms with Crippen LogP contribution in [0.2, 0.25) is 0 Å². The molecule has 3 rings (SSSR count). The first-order valence-corrected chi connectivity index (χ1v) is 8.82. The fourth-order valence-electron chi connectivity index (χ4n) is 3.45. The second-order valence-corrected chi connectivity index (χ2v) is 7.09. The van der Waals surface area contributed by atoms with E-state index in [1.165, 1.54) is 5.56 Å². The summed E-state index contributed by atoms with van der Waals surface area (Å²) in [4.78, 5) is 17.0. The van der Waals surface area contributed by atoms with Gasteiger partial charge in [-0.3, -0.25) is 4.79 Å². The predicted molar refractivity (Wildman–Crippen MR) is 91.0 cm³/mol. The van der Waals surface area contributed by atoms with Gasteiger partial charge < -0.3 is 14.5 Å². The second kappa shape index (κ2) is 7.45. The van der Waals surface area contributed by atoms with Crippen molar-refractivity contribution in [2.45, 2.75) is 45.4 Å². The number of benzene rings is 1. The van der Waals surface area contributed by atoms with Crippen LogP contribution in [-0.2, 0) is 16.1 Å². The van der Waals surface area contributed by atoms with E-state index in [2.05, 4.69) is 30.9 Å². The molecule has 126 valence electrons. The number of piperidine rings is 1. The number of nitrogens with zero attached hydrogens (tertiary/aromatic N) is 2. The van der Waals surface area contributed by atoms with Crippen LogP contribution < -0.4 is 0 Å². The number of rotatable bonds is 5. The Bertz CT molecular complexity index is 511. The maximum absolute atomic E-state index is 12.6. The number of likely N-dealkylation sites (tertiary alicyclic amines) is 2. The molecular formula is C19H28N2O2. The zero-order valence-electron chi connectivity index (χ0n) is 14.3. The standard InChI is InChI=1S/C19H28N2O2/c1-15(2)20-10-6-9-17(11-20)19(22)21-12-18(13-21)23-14-16-7-4-3-5-8-16/h3-5,7-8,15,17-18H,6,9-14H2,1-2H3/t17-/m1/s1. The van der Waals surface area contributed by atoms with E-state index in [4.69, 9.17) is 4.74 Å². The van der Waals surface area contributed by atoms with Crippen LogP contribution in [0.1, 0.15) is 32.3 Å². The van der Waals surface area contributed by atoms with Crippen LogP contribution >= 0.6 is 0 Å². The lowest BCUT2D eigenvalue weighted by molar-refractivity contribution is -0.152. The van der Waals surface area contributed by atoms with Crippen molar-refractivity contribution < 1.29 is 9.53 Å². The number of carbonyl (C=O) groups excluding carboxylic acids is 1. The van der Waals surface area contributed by atoms with E-state index in [0.29, 0.717) is 18.6 Å². The molecule has 1 aromatic rings. The monoisotopic (exact) mass is 316 g/mol. The average molecular weight is 316 g/mol. The molecule has 4 nitrogen and oxygen atoms in total. The van der Waals surface area contributed by atoms with Gasteiger partial charge >= 0.3 is 0 Å². The third kappa shape index (κ3) is 4.12. The van der Waals surface area contributed by atoms with Gasteiger partial charge in [-0.1, -0.05) is 30.3 Å². The number of hydrogen-bond donors (Lipinski definition) is 0. The van der Waals surface area contributed by atoms with Crippen LogP contribution in [0.15, 0.2) is 30.3 Å². The van der Waals surface area contributed by atoms with Gasteiger partial charge in [0.2, 0.25) is 5.91 Å². The summed E-state index contributed by atoms with van der Waals surface area (Å²) in [5, 5.41) is 0. The molecule has 1 amide bonds. The van der Waals surface area contributed by atoms with Gasteiger partial charge in [0.15, 0.2) is 0 Å². The summed E-state index contributed by atoms with van der Waals surface area (Å²) in [6, 6.07) is 10.7. The van der Waals surface area contributed by atoms with Crippen molar-refractivity contribution in [2.24, 2.45) is 5.92 Å². The van der Waals surface area contributed by atoms with Crippen molar-refractivity contribution in [1.82, 2.24) is 9.80 Å². The van der Waals surface area contributed by atoms with Gasteiger partial charge in [0, 0.05) is 25.7 Å². The van der Waals surface area contributed by atoms with Gasteiger partial charge in [-0.15, -0.1) is 0 Å². The Hall–Kier alpha value is -1.39. The van der Waals surface area contributed by atoms with E-state index in [-0.39, 0.29) is 12.0 Å². The fraction of sp³-hybridized carbons (Fsp3) is 0.632. The Morgan fingerprint density at radius 3 is 2.65 bits per heavy atom. The molecule has 23 heavy (non-hydrogen) atoms. The highest BCUT2D eigenvalue weighted by Crippen LogP contribution is 2.24. The Labute approximate surface area is 139 Å². The van der Waals surface area contributed by atoms with E-state index in [1.54, 1.807) is 0 Å². The Balaban J connectivity index is 1.41. The molecule has 0 aromatic heterocycles. The Morgan fingerprint density at radius 2 is 1.96 bits per heavy atom. The van der Waals surface area contributed by atoms with Crippen LogP contribution in [-0.4, -0.2) is 54.0 Å². The first kappa shape index (κ1) is 16.5. The Kier molecular flexibility index (Phi) is 5.34. The molecule has 4 heteroatoms. The molecule has 0 unspecified atom stereocenters. The van der Waals surface area contributed by atoms with Gasteiger partial charge in [0.1, 0.15) is 0 Å². The minimum Gasteiger partial charge on any atom is -0.370 e. The minimum atomic E-state index is 0.182. The SMILES string of the molecule is CC(C)N1CCC[C@@H](C(=O)N2CC(OCc3ccccc3)C2)C1. The molecule has 2 aliphatic heterocycles. The molecule has 2 saturated heterocycles. The molecule has 0 aliphatic carbocycles. The normalized spacial score (nSPS) is 23.1. The molecule has 2 aliphatic rings. The highest BCUT2D eigenvalue weighted by molar-refractivity contribution is 5.80. The third-order valence-corrected chi connectivity index (χ3v) is 5.02. The summed E-state index contributed by atoms with van der Waals surface area (Å²) in [5.41, 5.74) is 1.19. The van der Waals surface area contributed by atoms with Crippen molar-refractivity contribution in [3.05, 3.63) is 35.9 Å². The van der Waals surface area contributed by atoms with Gasteiger partial charge in [-0.05, 0) is 38.8 Å². The first-order valence-electron chi connectivity index (χ1n) is 8.82. The van der Waals surface area contributed by atoms with Crippen molar-refractivity contribution in [3.63, 3.8) is 0 Å². The summed E-state index contributed by atoms with van der Waals surface area (Å²) in [7, 11) is 0. The van der Waals surface area contributed by atoms with Crippen LogP contribution in [0.5, 0.6) is 0 Å². The molecule has 1 aromatic carbocycles. The van der Waals surface area contributed by atoms with E-state index >= 15 is 0 Å². The third-order valence-electron chi connectivity index (χ3n) is 5.02. The van der Waals surface area contributed by atoms with Crippen molar-refractivity contribution in [2.75, 3.05) is 26.2 Å². The van der Waals surface area contributed by atoms with Gasteiger partial charge in [0.05, 0.1) is 18.6 Å². The summed E-state index contributed by atoms with van der Waals surface area (Å²) < 4.78 is 5.89. The van der Waals surface area contributed by atoms with Crippen molar-refractivity contribution in [3.8, 4) is 0 Å². The quantitative estimate of drug-likeness (QED) is 0.837. The molecule has 1 atom stereocenters. The molecule has 0 bridgehead atoms. The highest BCUT2D eigenvalue weighted by atomic mass is 16.5. The molecular weight excluding hydrogens is 288 g/mol. The zero-order valence-corrected chi connectivity index (χ0v) is 14.3. The lowest BCUT2D eigenvalue weighted by Crippen LogP contribution is -2.58.